The van der Waals surface area contributed by atoms with Crippen LogP contribution >= 0.6 is 0 Å². The van der Waals surface area contributed by atoms with E-state index in [4.69, 9.17) is 14.4 Å². The zero-order valence-electron chi connectivity index (χ0n) is 2.22. The van der Waals surface area contributed by atoms with E-state index >= 15 is 0 Å². The molecule has 0 amide bonds. The lowest BCUT2D eigenvalue weighted by molar-refractivity contribution is 0.165. The summed E-state index contributed by atoms with van der Waals surface area (Å²) in [5, 5.41) is 0. The molecule has 0 fully saturated rings. The van der Waals surface area contributed by atoms with Crippen molar-refractivity contribution in [1.29, 1.82) is 0 Å². The fraction of sp³-hybridized carbons (Fsp3) is 0. The Balaban J connectivity index is 3.02. The monoisotopic (exact) mass is 98.0 g/mol. The fourth-order valence-electron chi connectivity index (χ4n) is 0. The van der Waals surface area contributed by atoms with Crippen molar-refractivity contribution in [3.63, 3.8) is 0 Å². The van der Waals surface area contributed by atoms with E-state index in [9.17, 15) is 4.11 Å². The van der Waals surface area contributed by atoms with Gasteiger partial charge in [-0.25, -0.2) is 4.11 Å². The highest BCUT2D eigenvalue weighted by Crippen LogP contribution is 1.79. The Morgan fingerprint density at radius 1 is 1.20 bits per heavy atom. The van der Waals surface area contributed by atoms with Crippen LogP contribution in [0.2, 0.25) is 0 Å². The molecule has 0 spiro atoms. The Morgan fingerprint density at radius 3 is 1.20 bits per heavy atom. The third kappa shape index (κ3) is 22900. The zero-order valence-corrected chi connectivity index (χ0v) is 3.22. The predicted molar refractivity (Wildman–Crippen MR) is 13.5 cm³/mol. The SMILES string of the molecule is O[Si](O)(O)F. The van der Waals surface area contributed by atoms with E-state index in [-0.39, 0.29) is 0 Å². The molecule has 0 atom stereocenters. The van der Waals surface area contributed by atoms with Gasteiger partial charge in [-0.05, 0) is 0 Å². The number of halogens is 1. The highest BCUT2D eigenvalue weighted by atomic mass is 28.4. The molecular formula is H3FO3Si. The van der Waals surface area contributed by atoms with Crippen LogP contribution in [-0.4, -0.2) is 23.5 Å². The fourth-order valence-corrected chi connectivity index (χ4v) is 0. The standard InChI is InChI=1S/FH3O3Si/c1-5(2,3)4/h2-4H. The third-order valence-corrected chi connectivity index (χ3v) is 0. The van der Waals surface area contributed by atoms with Crippen molar-refractivity contribution in [3.8, 4) is 0 Å². The predicted octanol–water partition coefficient (Wildman–Crippen LogP) is -1.63. The van der Waals surface area contributed by atoms with Gasteiger partial charge >= 0.3 is 9.14 Å². The van der Waals surface area contributed by atoms with Gasteiger partial charge in [-0.2, -0.15) is 0 Å². The average molecular weight is 98.1 g/mol. The van der Waals surface area contributed by atoms with Crippen molar-refractivity contribution < 1.29 is 18.5 Å². The number of hydrogen-bond acceptors (Lipinski definition) is 3. The Labute approximate surface area is 28.8 Å². The van der Waals surface area contributed by atoms with Gasteiger partial charge in [-0.3, -0.25) is 0 Å². The molecule has 0 aromatic heterocycles. The van der Waals surface area contributed by atoms with E-state index in [1.54, 1.807) is 0 Å². The zero-order chi connectivity index (χ0) is 4.50. The van der Waals surface area contributed by atoms with Crippen molar-refractivity contribution in [1.82, 2.24) is 0 Å². The normalized spacial score (nSPS) is 12.0. The van der Waals surface area contributed by atoms with E-state index in [0.717, 1.165) is 0 Å². The highest BCUT2D eigenvalue weighted by Gasteiger charge is 2.26. The summed E-state index contributed by atoms with van der Waals surface area (Å²) in [6.45, 7) is 0. The van der Waals surface area contributed by atoms with Crippen LogP contribution in [0.3, 0.4) is 0 Å². The van der Waals surface area contributed by atoms with Gasteiger partial charge in [0.1, 0.15) is 0 Å². The minimum atomic E-state index is -5.11. The molecule has 0 rings (SSSR count). The second-order valence-corrected chi connectivity index (χ2v) is 1.66. The molecule has 32 valence electrons. The van der Waals surface area contributed by atoms with Crippen molar-refractivity contribution in [3.05, 3.63) is 0 Å². The maximum atomic E-state index is 10.5. The van der Waals surface area contributed by atoms with Crippen LogP contribution < -0.4 is 0 Å². The van der Waals surface area contributed by atoms with Crippen molar-refractivity contribution in [2.24, 2.45) is 0 Å². The molecule has 0 aliphatic carbocycles. The third-order valence-electron chi connectivity index (χ3n) is 0. The summed E-state index contributed by atoms with van der Waals surface area (Å²) in [6, 6.07) is 0. The molecule has 5 heavy (non-hydrogen) atoms. The molecule has 3 nitrogen and oxygen atoms in total. The maximum Gasteiger partial charge on any atom is 0.711 e. The van der Waals surface area contributed by atoms with Gasteiger partial charge in [0.05, 0.1) is 0 Å². The second-order valence-electron chi connectivity index (χ2n) is 0.554. The lowest BCUT2D eigenvalue weighted by Crippen LogP contribution is -2.27. The molecule has 0 saturated heterocycles. The van der Waals surface area contributed by atoms with Crippen molar-refractivity contribution >= 4 is 9.14 Å². The van der Waals surface area contributed by atoms with Gasteiger partial charge in [0, 0.05) is 0 Å². The van der Waals surface area contributed by atoms with E-state index in [1.165, 1.54) is 0 Å². The van der Waals surface area contributed by atoms with Crippen LogP contribution in [0.5, 0.6) is 0 Å². The van der Waals surface area contributed by atoms with E-state index in [1.807, 2.05) is 0 Å². The molecule has 0 aliphatic rings. The Bertz CT molecular complexity index is 22.4. The smallest absolute Gasteiger partial charge is 0.365 e. The van der Waals surface area contributed by atoms with Crippen LogP contribution in [0.15, 0.2) is 0 Å². The van der Waals surface area contributed by atoms with Crippen molar-refractivity contribution in [2.75, 3.05) is 0 Å². The molecule has 0 heterocycles. The quantitative estimate of drug-likeness (QED) is 0.252. The number of rotatable bonds is 0. The van der Waals surface area contributed by atoms with Gasteiger partial charge in [0.2, 0.25) is 0 Å². The minimum absolute atomic E-state index is 5.11. The van der Waals surface area contributed by atoms with Gasteiger partial charge in [-0.15, -0.1) is 0 Å². The van der Waals surface area contributed by atoms with Gasteiger partial charge < -0.3 is 14.4 Å². The molecule has 0 aliphatic heterocycles. The molecular weight excluding hydrogens is 95.1 g/mol. The van der Waals surface area contributed by atoms with Gasteiger partial charge in [0.15, 0.2) is 0 Å². The molecule has 0 saturated carbocycles. The first-order valence-corrected chi connectivity index (χ1v) is 2.58. The summed E-state index contributed by atoms with van der Waals surface area (Å²) in [7, 11) is -5.11. The van der Waals surface area contributed by atoms with Crippen LogP contribution in [0.25, 0.3) is 0 Å². The summed E-state index contributed by atoms with van der Waals surface area (Å²) >= 11 is 0. The lowest BCUT2D eigenvalue weighted by Gasteiger charge is -1.87. The minimum Gasteiger partial charge on any atom is -0.365 e. The summed E-state index contributed by atoms with van der Waals surface area (Å²) in [5.41, 5.74) is 0. The maximum absolute atomic E-state index is 10.5. The first-order valence-electron chi connectivity index (χ1n) is 0.860. The highest BCUT2D eigenvalue weighted by molar-refractivity contribution is 6.47. The molecule has 0 radical (unpaired) electrons. The van der Waals surface area contributed by atoms with Crippen LogP contribution in [0.4, 0.5) is 4.11 Å². The summed E-state index contributed by atoms with van der Waals surface area (Å²) in [6.07, 6.45) is 0. The van der Waals surface area contributed by atoms with Crippen LogP contribution in [0.1, 0.15) is 0 Å². The molecule has 5 heteroatoms. The van der Waals surface area contributed by atoms with Crippen molar-refractivity contribution in [2.45, 2.75) is 0 Å². The first kappa shape index (κ1) is 5.03. The van der Waals surface area contributed by atoms with Gasteiger partial charge in [0.25, 0.3) is 0 Å². The molecule has 0 bridgehead atoms. The Kier molecular flexibility index (Phi) is 1.02. The average Bonchev–Trinajstić information content (AvgIpc) is 0.722. The molecule has 0 unspecified atom stereocenters. The molecule has 3 N–H and O–H groups in total. The van der Waals surface area contributed by atoms with E-state index in [2.05, 4.69) is 0 Å². The Morgan fingerprint density at radius 2 is 1.20 bits per heavy atom. The van der Waals surface area contributed by atoms with E-state index in [0.29, 0.717) is 0 Å². The lowest BCUT2D eigenvalue weighted by atomic mass is 15.8. The van der Waals surface area contributed by atoms with Gasteiger partial charge in [-0.1, -0.05) is 0 Å². The topological polar surface area (TPSA) is 60.7 Å². The molecule has 0 aromatic carbocycles. The molecule has 0 aromatic rings. The Hall–Kier alpha value is 0.0269. The van der Waals surface area contributed by atoms with Crippen LogP contribution in [0, 0.1) is 0 Å². The summed E-state index contributed by atoms with van der Waals surface area (Å²) in [5.74, 6) is 0. The second kappa shape index (κ2) is 1.02. The van der Waals surface area contributed by atoms with Crippen LogP contribution in [-0.2, 0) is 0 Å². The largest absolute Gasteiger partial charge is 0.711 e. The number of hydrogen-bond donors (Lipinski definition) is 3. The van der Waals surface area contributed by atoms with E-state index < -0.39 is 9.14 Å². The summed E-state index contributed by atoms with van der Waals surface area (Å²) < 4.78 is 10.5. The first-order chi connectivity index (χ1) is 2.00. The summed E-state index contributed by atoms with van der Waals surface area (Å²) in [4.78, 5) is 21.3.